The fourth-order valence-corrected chi connectivity index (χ4v) is 2.17. The number of ether oxygens (including phenoxy) is 1. The summed E-state index contributed by atoms with van der Waals surface area (Å²) in [7, 11) is 0. The predicted octanol–water partition coefficient (Wildman–Crippen LogP) is 4.05. The average molecular weight is 322 g/mol. The molecule has 0 unspecified atom stereocenters. The maximum atomic E-state index is 11.9. The van der Waals surface area contributed by atoms with Gasteiger partial charge in [0.1, 0.15) is 17.6 Å². The minimum atomic E-state index is -0.636. The number of rotatable bonds is 5. The number of nitrogens with zero attached hydrogens (tertiary/aromatic N) is 1. The molecule has 0 atom stereocenters. The van der Waals surface area contributed by atoms with Crippen molar-refractivity contribution in [3.8, 4) is 22.9 Å². The van der Waals surface area contributed by atoms with Crippen molar-refractivity contribution in [1.29, 1.82) is 5.26 Å². The van der Waals surface area contributed by atoms with Crippen LogP contribution in [0.4, 0.5) is 5.69 Å². The molecule has 0 aromatic heterocycles. The summed E-state index contributed by atoms with van der Waals surface area (Å²) in [6, 6.07) is 16.6. The summed E-state index contributed by atoms with van der Waals surface area (Å²) >= 11 is 0. The first-order valence-electron chi connectivity index (χ1n) is 7.49. The molecule has 0 heterocycles. The van der Waals surface area contributed by atoms with Crippen LogP contribution in [0.5, 0.6) is 5.75 Å². The van der Waals surface area contributed by atoms with E-state index < -0.39 is 5.91 Å². The second-order valence-electron chi connectivity index (χ2n) is 5.06. The summed E-state index contributed by atoms with van der Waals surface area (Å²) in [6.45, 7) is 3.84. The standard InChI is InChI=1S/C19H18N2O3/c1-3-24-17-6-4-5-15(11-17)14-7-9-16(10-8-14)21-19(23)18(12-20)13(2)22/h4-11,22H,3H2,1-2H3,(H,21,23). The lowest BCUT2D eigenvalue weighted by Crippen LogP contribution is -2.14. The summed E-state index contributed by atoms with van der Waals surface area (Å²) in [5.74, 6) is -0.141. The molecule has 5 heteroatoms. The highest BCUT2D eigenvalue weighted by atomic mass is 16.5. The lowest BCUT2D eigenvalue weighted by atomic mass is 10.1. The van der Waals surface area contributed by atoms with Crippen LogP contribution in [-0.2, 0) is 4.79 Å². The highest BCUT2D eigenvalue weighted by molar-refractivity contribution is 6.06. The fraction of sp³-hybridized carbons (Fsp3) is 0.158. The molecule has 5 nitrogen and oxygen atoms in total. The van der Waals surface area contributed by atoms with Gasteiger partial charge in [-0.15, -0.1) is 0 Å². The molecule has 0 spiro atoms. The van der Waals surface area contributed by atoms with Crippen LogP contribution in [0.25, 0.3) is 11.1 Å². The van der Waals surface area contributed by atoms with E-state index in [1.165, 1.54) is 6.92 Å². The summed E-state index contributed by atoms with van der Waals surface area (Å²) in [6.07, 6.45) is 0. The van der Waals surface area contributed by atoms with E-state index in [0.29, 0.717) is 12.3 Å². The number of anilines is 1. The van der Waals surface area contributed by atoms with E-state index >= 15 is 0 Å². The number of aliphatic hydroxyl groups excluding tert-OH is 1. The predicted molar refractivity (Wildman–Crippen MR) is 92.6 cm³/mol. The van der Waals surface area contributed by atoms with Crippen LogP contribution in [0, 0.1) is 11.3 Å². The Hall–Kier alpha value is -3.26. The summed E-state index contributed by atoms with van der Waals surface area (Å²) < 4.78 is 5.49. The van der Waals surface area contributed by atoms with Gasteiger partial charge in [-0.1, -0.05) is 24.3 Å². The van der Waals surface area contributed by atoms with Gasteiger partial charge in [-0.3, -0.25) is 4.79 Å². The van der Waals surface area contributed by atoms with Crippen molar-refractivity contribution in [2.24, 2.45) is 0 Å². The molecule has 2 N–H and O–H groups in total. The molecule has 0 saturated carbocycles. The van der Waals surface area contributed by atoms with Gasteiger partial charge in [-0.25, -0.2) is 0 Å². The van der Waals surface area contributed by atoms with Crippen LogP contribution in [0.1, 0.15) is 13.8 Å². The number of allylic oxidation sites excluding steroid dienone is 1. The summed E-state index contributed by atoms with van der Waals surface area (Å²) in [5, 5.41) is 20.8. The maximum absolute atomic E-state index is 11.9. The molecule has 2 aromatic rings. The zero-order chi connectivity index (χ0) is 17.5. The smallest absolute Gasteiger partial charge is 0.269 e. The monoisotopic (exact) mass is 322 g/mol. The molecule has 1 amide bonds. The van der Waals surface area contributed by atoms with Gasteiger partial charge >= 0.3 is 0 Å². The van der Waals surface area contributed by atoms with Crippen molar-refractivity contribution < 1.29 is 14.6 Å². The largest absolute Gasteiger partial charge is 0.511 e. The SMILES string of the molecule is CCOc1cccc(-c2ccc(NC(=O)C(C#N)=C(C)O)cc2)c1. The van der Waals surface area contributed by atoms with Crippen molar-refractivity contribution in [2.45, 2.75) is 13.8 Å². The first kappa shape index (κ1) is 17.1. The molecule has 24 heavy (non-hydrogen) atoms. The highest BCUT2D eigenvalue weighted by Crippen LogP contribution is 2.25. The summed E-state index contributed by atoms with van der Waals surface area (Å²) in [4.78, 5) is 11.9. The average Bonchev–Trinajstić information content (AvgIpc) is 2.56. The second kappa shape index (κ2) is 7.84. The van der Waals surface area contributed by atoms with E-state index in [2.05, 4.69) is 5.32 Å². The zero-order valence-electron chi connectivity index (χ0n) is 13.5. The molecule has 0 bridgehead atoms. The number of carbonyl (C=O) groups is 1. The Morgan fingerprint density at radius 2 is 1.92 bits per heavy atom. The van der Waals surface area contributed by atoms with Crippen molar-refractivity contribution in [3.63, 3.8) is 0 Å². The third-order valence-corrected chi connectivity index (χ3v) is 3.32. The van der Waals surface area contributed by atoms with Crippen molar-refractivity contribution in [3.05, 3.63) is 59.9 Å². The van der Waals surface area contributed by atoms with E-state index in [-0.39, 0.29) is 11.3 Å². The van der Waals surface area contributed by atoms with Crippen molar-refractivity contribution in [1.82, 2.24) is 0 Å². The Balaban J connectivity index is 2.17. The van der Waals surface area contributed by atoms with Gasteiger partial charge in [-0.2, -0.15) is 5.26 Å². The maximum Gasteiger partial charge on any atom is 0.269 e. The van der Waals surface area contributed by atoms with Crippen LogP contribution < -0.4 is 10.1 Å². The van der Waals surface area contributed by atoms with E-state index in [1.807, 2.05) is 43.3 Å². The number of carbonyl (C=O) groups excluding carboxylic acids is 1. The topological polar surface area (TPSA) is 82.3 Å². The third kappa shape index (κ3) is 4.14. The number of benzene rings is 2. The van der Waals surface area contributed by atoms with Gasteiger partial charge < -0.3 is 15.2 Å². The Kier molecular flexibility index (Phi) is 5.58. The Morgan fingerprint density at radius 3 is 2.50 bits per heavy atom. The fourth-order valence-electron chi connectivity index (χ4n) is 2.17. The molecule has 122 valence electrons. The Bertz CT molecular complexity index is 798. The van der Waals surface area contributed by atoms with Crippen molar-refractivity contribution >= 4 is 11.6 Å². The lowest BCUT2D eigenvalue weighted by molar-refractivity contribution is -0.112. The first-order valence-corrected chi connectivity index (χ1v) is 7.49. The van der Waals surface area contributed by atoms with E-state index in [0.717, 1.165) is 16.9 Å². The molecule has 0 aliphatic heterocycles. The number of hydrogen-bond acceptors (Lipinski definition) is 4. The molecule has 0 fully saturated rings. The Morgan fingerprint density at radius 1 is 1.21 bits per heavy atom. The molecule has 0 radical (unpaired) electrons. The Labute approximate surface area is 140 Å². The minimum absolute atomic E-state index is 0.302. The number of amides is 1. The molecule has 0 aliphatic carbocycles. The lowest BCUT2D eigenvalue weighted by Gasteiger charge is -2.08. The third-order valence-electron chi connectivity index (χ3n) is 3.32. The highest BCUT2D eigenvalue weighted by Gasteiger charge is 2.12. The van der Waals surface area contributed by atoms with Gasteiger partial charge in [0.25, 0.3) is 5.91 Å². The number of aliphatic hydroxyl groups is 1. The van der Waals surface area contributed by atoms with E-state index in [9.17, 15) is 9.90 Å². The van der Waals surface area contributed by atoms with Gasteiger partial charge in [0.15, 0.2) is 5.57 Å². The van der Waals surface area contributed by atoms with Gasteiger partial charge in [-0.05, 0) is 49.2 Å². The first-order chi connectivity index (χ1) is 11.5. The van der Waals surface area contributed by atoms with Gasteiger partial charge in [0.2, 0.25) is 0 Å². The molecule has 2 rings (SSSR count). The molecule has 0 aliphatic rings. The minimum Gasteiger partial charge on any atom is -0.511 e. The van der Waals surface area contributed by atoms with Crippen LogP contribution in [0.15, 0.2) is 59.9 Å². The molecule has 0 saturated heterocycles. The number of nitriles is 1. The van der Waals surface area contributed by atoms with Crippen LogP contribution >= 0.6 is 0 Å². The molecule has 2 aromatic carbocycles. The second-order valence-corrected chi connectivity index (χ2v) is 5.06. The summed E-state index contributed by atoms with van der Waals surface area (Å²) in [5.41, 5.74) is 2.22. The normalized spacial score (nSPS) is 11.2. The van der Waals surface area contributed by atoms with Gasteiger partial charge in [0, 0.05) is 5.69 Å². The van der Waals surface area contributed by atoms with Crippen LogP contribution in [0.3, 0.4) is 0 Å². The number of nitrogens with one attached hydrogen (secondary N) is 1. The van der Waals surface area contributed by atoms with Gasteiger partial charge in [0.05, 0.1) is 6.61 Å². The van der Waals surface area contributed by atoms with Crippen molar-refractivity contribution in [2.75, 3.05) is 11.9 Å². The van der Waals surface area contributed by atoms with E-state index in [1.54, 1.807) is 18.2 Å². The zero-order valence-corrected chi connectivity index (χ0v) is 13.5. The number of hydrogen-bond donors (Lipinski definition) is 2. The quantitative estimate of drug-likeness (QED) is 0.494. The molecular weight excluding hydrogens is 304 g/mol. The van der Waals surface area contributed by atoms with Crippen LogP contribution in [-0.4, -0.2) is 17.6 Å². The van der Waals surface area contributed by atoms with E-state index in [4.69, 9.17) is 10.00 Å². The molecular formula is C19H18N2O3. The van der Waals surface area contributed by atoms with Crippen LogP contribution in [0.2, 0.25) is 0 Å².